The molecule has 5 N–H and O–H groups in total. The van der Waals surface area contributed by atoms with Crippen molar-refractivity contribution in [2.75, 3.05) is 12.4 Å². The summed E-state index contributed by atoms with van der Waals surface area (Å²) >= 11 is 0. The number of fused-ring (bicyclic) bond motifs is 8. The van der Waals surface area contributed by atoms with Crippen molar-refractivity contribution in [2.24, 2.45) is 0 Å². The maximum atomic E-state index is 15.5. The van der Waals surface area contributed by atoms with E-state index in [0.29, 0.717) is 63.1 Å². The van der Waals surface area contributed by atoms with Crippen LogP contribution in [0.1, 0.15) is 110 Å². The van der Waals surface area contributed by atoms with Crippen molar-refractivity contribution in [1.29, 1.82) is 0 Å². The van der Waals surface area contributed by atoms with Gasteiger partial charge >= 0.3 is 18.2 Å². The highest BCUT2D eigenvalue weighted by molar-refractivity contribution is 5.98. The molecule has 4 atom stereocenters. The lowest BCUT2D eigenvalue weighted by Gasteiger charge is -2.33. The molecule has 0 fully saturated rings. The molecule has 4 heterocycles. The van der Waals surface area contributed by atoms with Crippen LogP contribution in [0.3, 0.4) is 0 Å². The highest BCUT2D eigenvalue weighted by Crippen LogP contribution is 2.47. The summed E-state index contributed by atoms with van der Waals surface area (Å²) in [5.41, 5.74) is 4.36. The van der Waals surface area contributed by atoms with E-state index in [1.54, 1.807) is 44.2 Å². The molecule has 0 saturated carbocycles. The summed E-state index contributed by atoms with van der Waals surface area (Å²) in [6.07, 6.45) is -1.51. The second kappa shape index (κ2) is 19.4. The van der Waals surface area contributed by atoms with Gasteiger partial charge in [-0.15, -0.1) is 0 Å². The number of hydrogen-bond donors (Lipinski definition) is 5. The molecule has 0 spiro atoms. The Balaban J connectivity index is 0.744. The molecule has 2 aromatic heterocycles. The SMILES string of the molecule is CC[C@@]1(O)C(=O)OCc2c1cc1n(c2=O)Cc2c-1nc1cc(F)c(C)c3c1c2[C@@H](NC(=O)C(C)(C)NC(=O)OCc1ccc(NC(=O)[C@H](C)NC(=O)[C@H](C)N(C)C(=O)OC2c4ccccc4-c4ccccc42)cc1)CC3. The van der Waals surface area contributed by atoms with Crippen molar-refractivity contribution in [3.05, 3.63) is 151 Å². The largest absolute Gasteiger partial charge is 0.458 e. The predicted octanol–water partition coefficient (Wildman–Crippen LogP) is 7.01. The van der Waals surface area contributed by atoms with Crippen molar-refractivity contribution < 1.29 is 52.5 Å². The number of nitrogens with zero attached hydrogens (tertiary/aromatic N) is 3. The third kappa shape index (κ3) is 8.76. The van der Waals surface area contributed by atoms with E-state index in [0.717, 1.165) is 27.8 Å². The standard InChI is InChI=1S/C57H56FN7O11/c1-8-57(73)40-23-44-47-38(25-65(44)51(68)39(40)27-74-53(57)70)46-42(22-21-33-28(2)41(58)24-43(61-47)45(33)46)62-52(69)56(5,6)63-54(71)75-26-31-17-19-32(20-18-31)60-49(66)29(3)59-50(67)30(4)64(7)55(72)76-48-36-15-11-9-13-34(36)35-14-10-12-16-37(35)48/h9-20,23-24,29-30,42,48,73H,8,21-22,25-27H2,1-7H3,(H,59,67)(H,60,66)(H,62,69)(H,63,71)/t29-,30-,42-,57-/m0/s1. The molecular weight excluding hydrogens is 978 g/mol. The first-order chi connectivity index (χ1) is 36.2. The number of aryl methyl sites for hydroxylation is 1. The highest BCUT2D eigenvalue weighted by Gasteiger charge is 2.46. The number of hydrogen-bond acceptors (Lipinski definition) is 12. The third-order valence-electron chi connectivity index (χ3n) is 15.3. The number of esters is 1. The summed E-state index contributed by atoms with van der Waals surface area (Å²) in [6.45, 7) is 8.95. The van der Waals surface area contributed by atoms with Gasteiger partial charge in [0, 0.05) is 46.4 Å². The number of cyclic esters (lactones) is 1. The zero-order valence-electron chi connectivity index (χ0n) is 42.9. The summed E-state index contributed by atoms with van der Waals surface area (Å²) in [4.78, 5) is 100. The molecule has 4 aromatic carbocycles. The predicted molar refractivity (Wildman–Crippen MR) is 276 cm³/mol. The molecule has 5 amide bonds. The van der Waals surface area contributed by atoms with Crippen LogP contribution < -0.4 is 26.8 Å². The summed E-state index contributed by atoms with van der Waals surface area (Å²) in [5.74, 6) is -2.95. The number of ether oxygens (including phenoxy) is 3. The van der Waals surface area contributed by atoms with Crippen LogP contribution in [0.15, 0.2) is 89.7 Å². The number of aliphatic hydroxyl groups is 1. The Labute approximate surface area is 435 Å². The quantitative estimate of drug-likeness (QED) is 0.0614. The average molecular weight is 1030 g/mol. The second-order valence-corrected chi connectivity index (χ2v) is 20.3. The van der Waals surface area contributed by atoms with E-state index >= 15 is 4.39 Å². The number of aromatic nitrogens is 2. The zero-order valence-corrected chi connectivity index (χ0v) is 42.9. The van der Waals surface area contributed by atoms with E-state index in [-0.39, 0.29) is 37.3 Å². The lowest BCUT2D eigenvalue weighted by Crippen LogP contribution is -2.55. The first-order valence-electron chi connectivity index (χ1n) is 25.1. The number of likely N-dealkylation sites (N-methyl/N-ethyl adjacent to an activating group) is 1. The molecule has 76 heavy (non-hydrogen) atoms. The summed E-state index contributed by atoms with van der Waals surface area (Å²) < 4.78 is 33.6. The number of carbonyl (C=O) groups excluding carboxylic acids is 6. The average Bonchev–Trinajstić information content (AvgIpc) is 3.98. The maximum absolute atomic E-state index is 15.5. The molecule has 2 aliphatic heterocycles. The maximum Gasteiger partial charge on any atom is 0.411 e. The van der Waals surface area contributed by atoms with Gasteiger partial charge in [0.25, 0.3) is 5.56 Å². The Hall–Kier alpha value is -8.45. The molecule has 18 nitrogen and oxygen atoms in total. The van der Waals surface area contributed by atoms with Gasteiger partial charge in [-0.1, -0.05) is 67.6 Å². The molecular formula is C57H56FN7O11. The number of alkyl carbamates (subject to hydrolysis) is 1. The van der Waals surface area contributed by atoms with Crippen molar-refractivity contribution in [2.45, 2.75) is 116 Å². The van der Waals surface area contributed by atoms with Crippen LogP contribution in [0.25, 0.3) is 33.4 Å². The molecule has 392 valence electrons. The van der Waals surface area contributed by atoms with Crippen molar-refractivity contribution in [3.8, 4) is 22.5 Å². The third-order valence-corrected chi connectivity index (χ3v) is 15.3. The molecule has 0 unspecified atom stereocenters. The van der Waals surface area contributed by atoms with Gasteiger partial charge < -0.3 is 45.2 Å². The fourth-order valence-corrected chi connectivity index (χ4v) is 10.6. The summed E-state index contributed by atoms with van der Waals surface area (Å²) in [5, 5.41) is 23.2. The highest BCUT2D eigenvalue weighted by atomic mass is 19.1. The minimum atomic E-state index is -2.05. The number of pyridine rings is 2. The van der Waals surface area contributed by atoms with Crippen molar-refractivity contribution >= 4 is 52.5 Å². The Morgan fingerprint density at radius 1 is 0.947 bits per heavy atom. The van der Waals surface area contributed by atoms with Crippen LogP contribution in [0.2, 0.25) is 0 Å². The van der Waals surface area contributed by atoms with Gasteiger partial charge in [0.15, 0.2) is 11.7 Å². The molecule has 19 heteroatoms. The van der Waals surface area contributed by atoms with E-state index in [4.69, 9.17) is 19.2 Å². The van der Waals surface area contributed by atoms with Gasteiger partial charge in [-0.2, -0.15) is 0 Å². The van der Waals surface area contributed by atoms with E-state index in [2.05, 4.69) is 21.3 Å². The van der Waals surface area contributed by atoms with Gasteiger partial charge in [-0.3, -0.25) is 24.1 Å². The summed E-state index contributed by atoms with van der Waals surface area (Å²) in [7, 11) is 1.46. The fourth-order valence-electron chi connectivity index (χ4n) is 10.6. The lowest BCUT2D eigenvalue weighted by atomic mass is 9.81. The minimum Gasteiger partial charge on any atom is -0.458 e. The second-order valence-electron chi connectivity index (χ2n) is 20.3. The lowest BCUT2D eigenvalue weighted by molar-refractivity contribution is -0.172. The van der Waals surface area contributed by atoms with Crippen LogP contribution in [-0.4, -0.2) is 80.1 Å². The fraction of sp³-hybridized carbons (Fsp3) is 0.333. The molecule has 0 radical (unpaired) electrons. The van der Waals surface area contributed by atoms with Gasteiger partial charge in [0.1, 0.15) is 36.7 Å². The Morgan fingerprint density at radius 3 is 2.29 bits per heavy atom. The number of carbonyl (C=O) groups is 6. The van der Waals surface area contributed by atoms with Crippen LogP contribution in [0, 0.1) is 12.7 Å². The number of benzene rings is 4. The number of amides is 5. The number of rotatable bonds is 12. The molecule has 0 bridgehead atoms. The Kier molecular flexibility index (Phi) is 13.0. The molecule has 10 rings (SSSR count). The zero-order chi connectivity index (χ0) is 54.1. The van der Waals surface area contributed by atoms with Gasteiger partial charge in [0.05, 0.1) is 35.1 Å². The van der Waals surface area contributed by atoms with Crippen molar-refractivity contribution in [1.82, 2.24) is 30.4 Å². The smallest absolute Gasteiger partial charge is 0.411 e. The number of halogens is 1. The van der Waals surface area contributed by atoms with E-state index in [1.165, 1.54) is 50.3 Å². The summed E-state index contributed by atoms with van der Waals surface area (Å²) in [6, 6.07) is 22.1. The van der Waals surface area contributed by atoms with Crippen LogP contribution in [0.5, 0.6) is 0 Å². The molecule has 0 saturated heterocycles. The van der Waals surface area contributed by atoms with E-state index in [9.17, 15) is 38.7 Å². The normalized spacial score (nSPS) is 17.6. The molecule has 6 aromatic rings. The van der Waals surface area contributed by atoms with Gasteiger partial charge in [0.2, 0.25) is 17.7 Å². The Morgan fingerprint density at radius 2 is 1.62 bits per heavy atom. The molecule has 2 aliphatic carbocycles. The minimum absolute atomic E-state index is 0.0413. The van der Waals surface area contributed by atoms with Gasteiger partial charge in [-0.25, -0.2) is 23.8 Å². The number of anilines is 1. The van der Waals surface area contributed by atoms with Crippen LogP contribution >= 0.6 is 0 Å². The topological polar surface area (TPSA) is 237 Å². The van der Waals surface area contributed by atoms with Gasteiger partial charge in [-0.05, 0) is 105 Å². The monoisotopic (exact) mass is 1030 g/mol. The van der Waals surface area contributed by atoms with E-state index < -0.39 is 82.6 Å². The van der Waals surface area contributed by atoms with E-state index in [1.807, 2.05) is 48.5 Å². The van der Waals surface area contributed by atoms with Crippen LogP contribution in [-0.2, 0) is 65.2 Å². The first kappa shape index (κ1) is 51.1. The van der Waals surface area contributed by atoms with Crippen molar-refractivity contribution in [3.63, 3.8) is 0 Å². The Bertz CT molecular complexity index is 3480. The first-order valence-corrected chi connectivity index (χ1v) is 25.1. The number of nitrogens with one attached hydrogen (secondary N) is 4. The molecule has 4 aliphatic rings. The van der Waals surface area contributed by atoms with Crippen LogP contribution in [0.4, 0.5) is 19.7 Å².